The molecule has 35 heavy (non-hydrogen) atoms. The Bertz CT molecular complexity index is 1280. The van der Waals surface area contributed by atoms with Gasteiger partial charge in [0.1, 0.15) is 10.7 Å². The zero-order valence-corrected chi connectivity index (χ0v) is 20.4. The van der Waals surface area contributed by atoms with Gasteiger partial charge in [-0.15, -0.1) is 0 Å². The lowest BCUT2D eigenvalue weighted by atomic mass is 10.2. The van der Waals surface area contributed by atoms with Crippen molar-refractivity contribution in [3.05, 3.63) is 107 Å². The number of anilines is 2. The summed E-state index contributed by atoms with van der Waals surface area (Å²) in [5.41, 5.74) is 5.02. The van der Waals surface area contributed by atoms with E-state index < -0.39 is 0 Å². The first-order chi connectivity index (χ1) is 17.1. The van der Waals surface area contributed by atoms with Crippen LogP contribution in [-0.2, 0) is 6.54 Å². The van der Waals surface area contributed by atoms with E-state index in [9.17, 15) is 4.79 Å². The summed E-state index contributed by atoms with van der Waals surface area (Å²) >= 11 is 6.54. The van der Waals surface area contributed by atoms with Crippen molar-refractivity contribution in [2.45, 2.75) is 13.5 Å². The molecule has 0 unspecified atom stereocenters. The van der Waals surface area contributed by atoms with Crippen LogP contribution in [-0.4, -0.2) is 46.8 Å². The maximum atomic E-state index is 13.0. The maximum Gasteiger partial charge on any atom is 0.260 e. The van der Waals surface area contributed by atoms with Crippen molar-refractivity contribution in [3.63, 3.8) is 0 Å². The SMILES string of the molecule is Cc1nn(-c2ccccc2)c(Cl)c1C(=O)Nc1ccc(N2CCN(Cc3ccccc3)CC2)cc1. The molecule has 2 heterocycles. The van der Waals surface area contributed by atoms with E-state index >= 15 is 0 Å². The summed E-state index contributed by atoms with van der Waals surface area (Å²) in [5, 5.41) is 7.73. The highest BCUT2D eigenvalue weighted by Crippen LogP contribution is 2.25. The van der Waals surface area contributed by atoms with Crippen LogP contribution in [0, 0.1) is 6.92 Å². The second-order valence-corrected chi connectivity index (χ2v) is 9.11. The molecule has 1 saturated heterocycles. The van der Waals surface area contributed by atoms with E-state index in [0.717, 1.165) is 49.8 Å². The Morgan fingerprint density at radius 3 is 2.14 bits per heavy atom. The third kappa shape index (κ3) is 5.24. The van der Waals surface area contributed by atoms with Gasteiger partial charge < -0.3 is 10.2 Å². The van der Waals surface area contributed by atoms with Crippen molar-refractivity contribution in [1.29, 1.82) is 0 Å². The third-order valence-electron chi connectivity index (χ3n) is 6.34. The molecule has 6 nitrogen and oxygen atoms in total. The fourth-order valence-corrected chi connectivity index (χ4v) is 4.81. The molecule has 7 heteroatoms. The highest BCUT2D eigenvalue weighted by molar-refractivity contribution is 6.34. The number of aryl methyl sites for hydroxylation is 1. The van der Waals surface area contributed by atoms with Gasteiger partial charge in [-0.3, -0.25) is 9.69 Å². The zero-order valence-electron chi connectivity index (χ0n) is 19.7. The molecule has 1 amide bonds. The van der Waals surface area contributed by atoms with Gasteiger partial charge in [0.15, 0.2) is 0 Å². The summed E-state index contributed by atoms with van der Waals surface area (Å²) in [6.07, 6.45) is 0. The average molecular weight is 486 g/mol. The summed E-state index contributed by atoms with van der Waals surface area (Å²) in [6.45, 7) is 6.79. The molecule has 0 saturated carbocycles. The number of benzene rings is 3. The molecule has 1 fully saturated rings. The van der Waals surface area contributed by atoms with E-state index in [2.05, 4.69) is 62.7 Å². The number of halogens is 1. The highest BCUT2D eigenvalue weighted by atomic mass is 35.5. The molecule has 1 aliphatic rings. The number of para-hydroxylation sites is 1. The smallest absolute Gasteiger partial charge is 0.260 e. The van der Waals surface area contributed by atoms with Crippen LogP contribution in [0.2, 0.25) is 5.15 Å². The van der Waals surface area contributed by atoms with Crippen molar-refractivity contribution >= 4 is 28.9 Å². The number of nitrogens with zero attached hydrogens (tertiary/aromatic N) is 4. The summed E-state index contributed by atoms with van der Waals surface area (Å²) < 4.78 is 1.59. The van der Waals surface area contributed by atoms with Gasteiger partial charge in [-0.05, 0) is 48.9 Å². The van der Waals surface area contributed by atoms with Gasteiger partial charge in [-0.1, -0.05) is 60.1 Å². The summed E-state index contributed by atoms with van der Waals surface area (Å²) in [6, 6.07) is 28.2. The molecule has 5 rings (SSSR count). The molecule has 0 aliphatic carbocycles. The lowest BCUT2D eigenvalue weighted by Crippen LogP contribution is -2.45. The number of piperazine rings is 1. The first kappa shape index (κ1) is 23.1. The largest absolute Gasteiger partial charge is 0.369 e. The second-order valence-electron chi connectivity index (χ2n) is 8.75. The van der Waals surface area contributed by atoms with Crippen molar-refractivity contribution in [2.75, 3.05) is 36.4 Å². The number of nitrogens with one attached hydrogen (secondary N) is 1. The molecular weight excluding hydrogens is 458 g/mol. The molecule has 1 aromatic heterocycles. The Balaban J connectivity index is 1.20. The van der Waals surface area contributed by atoms with E-state index in [-0.39, 0.29) is 5.91 Å². The molecule has 178 valence electrons. The van der Waals surface area contributed by atoms with Crippen molar-refractivity contribution in [2.24, 2.45) is 0 Å². The molecular formula is C28H28ClN5O. The fraction of sp³-hybridized carbons (Fsp3) is 0.214. The average Bonchev–Trinajstić information content (AvgIpc) is 3.20. The Labute approximate surface area is 210 Å². The van der Waals surface area contributed by atoms with Crippen molar-refractivity contribution in [1.82, 2.24) is 14.7 Å². The van der Waals surface area contributed by atoms with Crippen LogP contribution in [0.3, 0.4) is 0 Å². The number of hydrogen-bond donors (Lipinski definition) is 1. The van der Waals surface area contributed by atoms with Gasteiger partial charge in [0.2, 0.25) is 0 Å². The van der Waals surface area contributed by atoms with Crippen LogP contribution in [0.25, 0.3) is 5.69 Å². The number of carbonyl (C=O) groups excluding carboxylic acids is 1. The minimum absolute atomic E-state index is 0.267. The van der Waals surface area contributed by atoms with Crippen LogP contribution in [0.1, 0.15) is 21.6 Å². The summed E-state index contributed by atoms with van der Waals surface area (Å²) in [4.78, 5) is 17.9. The Morgan fingerprint density at radius 1 is 0.857 bits per heavy atom. The van der Waals surface area contributed by atoms with Crippen LogP contribution in [0.5, 0.6) is 0 Å². The molecule has 3 aromatic carbocycles. The van der Waals surface area contributed by atoms with Crippen LogP contribution >= 0.6 is 11.6 Å². The molecule has 0 radical (unpaired) electrons. The minimum atomic E-state index is -0.267. The number of carbonyl (C=O) groups is 1. The first-order valence-corrected chi connectivity index (χ1v) is 12.2. The number of rotatable bonds is 6. The van der Waals surface area contributed by atoms with Gasteiger partial charge >= 0.3 is 0 Å². The maximum absolute atomic E-state index is 13.0. The number of amides is 1. The molecule has 0 spiro atoms. The van der Waals surface area contributed by atoms with E-state index in [0.29, 0.717) is 16.4 Å². The lowest BCUT2D eigenvalue weighted by Gasteiger charge is -2.36. The van der Waals surface area contributed by atoms with Crippen LogP contribution in [0.4, 0.5) is 11.4 Å². The Kier molecular flexibility index (Phi) is 6.84. The van der Waals surface area contributed by atoms with Crippen LogP contribution in [0.15, 0.2) is 84.9 Å². The van der Waals surface area contributed by atoms with Gasteiger partial charge in [-0.2, -0.15) is 5.10 Å². The summed E-state index contributed by atoms with van der Waals surface area (Å²) in [7, 11) is 0. The topological polar surface area (TPSA) is 53.4 Å². The normalized spacial score (nSPS) is 14.2. The van der Waals surface area contributed by atoms with E-state index in [4.69, 9.17) is 11.6 Å². The van der Waals surface area contributed by atoms with E-state index in [1.807, 2.05) is 42.5 Å². The minimum Gasteiger partial charge on any atom is -0.369 e. The Morgan fingerprint density at radius 2 is 1.49 bits per heavy atom. The summed E-state index contributed by atoms with van der Waals surface area (Å²) in [5.74, 6) is -0.267. The predicted octanol–water partition coefficient (Wildman–Crippen LogP) is 5.41. The quantitative estimate of drug-likeness (QED) is 0.397. The highest BCUT2D eigenvalue weighted by Gasteiger charge is 2.22. The number of hydrogen-bond acceptors (Lipinski definition) is 4. The lowest BCUT2D eigenvalue weighted by molar-refractivity contribution is 0.102. The van der Waals surface area contributed by atoms with Crippen molar-refractivity contribution in [3.8, 4) is 5.69 Å². The van der Waals surface area contributed by atoms with Gasteiger partial charge in [0.25, 0.3) is 5.91 Å². The standard InChI is InChI=1S/C28H28ClN5O/c1-21-26(27(29)34(31-21)25-10-6-3-7-11-25)28(35)30-23-12-14-24(15-13-23)33-18-16-32(17-19-33)20-22-8-4-2-5-9-22/h2-15H,16-20H2,1H3,(H,30,35). The molecule has 1 N–H and O–H groups in total. The molecule has 0 bridgehead atoms. The first-order valence-electron chi connectivity index (χ1n) is 11.8. The Hall–Kier alpha value is -3.61. The second kappa shape index (κ2) is 10.3. The number of aromatic nitrogens is 2. The van der Waals surface area contributed by atoms with Crippen molar-refractivity contribution < 1.29 is 4.79 Å². The third-order valence-corrected chi connectivity index (χ3v) is 6.69. The monoisotopic (exact) mass is 485 g/mol. The van der Waals surface area contributed by atoms with E-state index in [1.165, 1.54) is 5.56 Å². The van der Waals surface area contributed by atoms with Gasteiger partial charge in [-0.25, -0.2) is 4.68 Å². The predicted molar refractivity (Wildman–Crippen MR) is 142 cm³/mol. The molecule has 1 aliphatic heterocycles. The van der Waals surface area contributed by atoms with Gasteiger partial charge in [0, 0.05) is 44.1 Å². The molecule has 4 aromatic rings. The van der Waals surface area contributed by atoms with Crippen LogP contribution < -0.4 is 10.2 Å². The fourth-order valence-electron chi connectivity index (χ4n) is 4.45. The van der Waals surface area contributed by atoms with E-state index in [1.54, 1.807) is 11.6 Å². The van der Waals surface area contributed by atoms with Gasteiger partial charge in [0.05, 0.1) is 11.4 Å². The zero-order chi connectivity index (χ0) is 24.2. The molecule has 0 atom stereocenters.